The van der Waals surface area contributed by atoms with Crippen LogP contribution in [0.15, 0.2) is 0 Å². The first kappa shape index (κ1) is 29.3. The topological polar surface area (TPSA) is 161 Å². The van der Waals surface area contributed by atoms with Crippen LogP contribution in [0.25, 0.3) is 0 Å². The lowest BCUT2D eigenvalue weighted by Crippen LogP contribution is -2.54. The van der Waals surface area contributed by atoms with E-state index in [0.29, 0.717) is 35.0 Å². The molecule has 4 saturated carbocycles. The Hall–Kier alpha value is -1.23. The number of amides is 1. The van der Waals surface area contributed by atoms with Gasteiger partial charge in [0.05, 0.1) is 6.10 Å². The molecule has 0 bridgehead atoms. The largest absolute Gasteiger partial charge is 0.480 e. The number of carboxylic acids is 1. The van der Waals surface area contributed by atoms with Crippen molar-refractivity contribution < 1.29 is 37.3 Å². The number of rotatable bonds is 6. The summed E-state index contributed by atoms with van der Waals surface area (Å²) in [5, 5.41) is 21.5. The highest BCUT2D eigenvalue weighted by molar-refractivity contribution is 7.79. The number of hydrogen-bond donors (Lipinski definition) is 5. The van der Waals surface area contributed by atoms with Crippen molar-refractivity contribution in [3.8, 4) is 0 Å². The van der Waals surface area contributed by atoms with Gasteiger partial charge in [-0.3, -0.25) is 18.7 Å². The van der Waals surface area contributed by atoms with Gasteiger partial charge in [-0.15, -0.1) is 0 Å². The van der Waals surface area contributed by atoms with Crippen molar-refractivity contribution in [2.75, 3.05) is 6.54 Å². The van der Waals surface area contributed by atoms with Crippen LogP contribution in [0.4, 0.5) is 0 Å². The van der Waals surface area contributed by atoms with Crippen LogP contribution in [0.2, 0.25) is 0 Å². The summed E-state index contributed by atoms with van der Waals surface area (Å²) in [4.78, 5) is 22.7. The first-order valence-corrected chi connectivity index (χ1v) is 14.9. The maximum atomic E-state index is 12.0. The van der Waals surface area contributed by atoms with E-state index in [1.165, 1.54) is 44.9 Å². The molecule has 0 aromatic heterocycles. The predicted octanol–water partition coefficient (Wildman–Crippen LogP) is 3.97. The number of hydrogen-bond acceptors (Lipinski definition) is 5. The summed E-state index contributed by atoms with van der Waals surface area (Å²) < 4.78 is 31.6. The standard InChI is InChI=1S/C26H43NO4.H2O4S/c1-16(4-9-23(29)27-15-24(30)31)20-7-8-21-19-6-5-17-14-18(28)10-12-25(17,2)22(19)11-13-26(20,21)3;1-5(2,3)4/h16-22,28H,4-15H2,1-3H3,(H,27,29)(H,30,31);(H2,1,2,3,4)/t16-,17?,18-,19+,20-,21+,22+,25+,26-;/m1./s1. The van der Waals surface area contributed by atoms with Gasteiger partial charge in [-0.05, 0) is 111 Å². The number of carbonyl (C=O) groups is 2. The van der Waals surface area contributed by atoms with Crippen molar-refractivity contribution in [3.63, 3.8) is 0 Å². The maximum absolute atomic E-state index is 12.0. The molecule has 5 N–H and O–H groups in total. The van der Waals surface area contributed by atoms with Crippen LogP contribution in [0.1, 0.15) is 91.4 Å². The molecule has 0 spiro atoms. The van der Waals surface area contributed by atoms with Crippen molar-refractivity contribution in [1.82, 2.24) is 5.32 Å². The number of carboxylic acid groups (broad SMARTS) is 1. The van der Waals surface area contributed by atoms with E-state index in [1.807, 2.05) is 0 Å². The third-order valence-corrected chi connectivity index (χ3v) is 10.7. The molecule has 0 saturated heterocycles. The van der Waals surface area contributed by atoms with Crippen molar-refractivity contribution >= 4 is 22.3 Å². The third-order valence-electron chi connectivity index (χ3n) is 10.7. The van der Waals surface area contributed by atoms with E-state index < -0.39 is 16.4 Å². The second-order valence-corrected chi connectivity index (χ2v) is 13.3. The van der Waals surface area contributed by atoms with Crippen LogP contribution in [0.5, 0.6) is 0 Å². The number of aliphatic hydroxyl groups is 1. The highest BCUT2D eigenvalue weighted by atomic mass is 32.3. The van der Waals surface area contributed by atoms with Gasteiger partial charge in [0.25, 0.3) is 0 Å². The van der Waals surface area contributed by atoms with Gasteiger partial charge >= 0.3 is 16.4 Å². The molecule has 0 aromatic carbocycles. The van der Waals surface area contributed by atoms with Crippen molar-refractivity contribution in [2.24, 2.45) is 46.3 Å². The van der Waals surface area contributed by atoms with E-state index in [9.17, 15) is 14.7 Å². The number of aliphatic hydroxyl groups excluding tert-OH is 1. The van der Waals surface area contributed by atoms with E-state index in [4.69, 9.17) is 22.6 Å². The molecule has 1 unspecified atom stereocenters. The fourth-order valence-corrected chi connectivity index (χ4v) is 9.03. The van der Waals surface area contributed by atoms with E-state index in [2.05, 4.69) is 26.1 Å². The predicted molar refractivity (Wildman–Crippen MR) is 134 cm³/mol. The summed E-state index contributed by atoms with van der Waals surface area (Å²) in [6, 6.07) is 0. The zero-order chi connectivity index (χ0) is 26.9. The number of fused-ring (bicyclic) bond motifs is 5. The summed E-state index contributed by atoms with van der Waals surface area (Å²) in [6.45, 7) is 7.13. The normalized spacial score (nSPS) is 40.5. The average molecular weight is 532 g/mol. The summed E-state index contributed by atoms with van der Waals surface area (Å²) in [7, 11) is -4.67. The average Bonchev–Trinajstić information content (AvgIpc) is 3.12. The Balaban J connectivity index is 0.000000658. The number of carbonyl (C=O) groups excluding carboxylic acids is 1. The molecule has 36 heavy (non-hydrogen) atoms. The highest BCUT2D eigenvalue weighted by Crippen LogP contribution is 2.68. The quantitative estimate of drug-likeness (QED) is 0.322. The molecule has 4 fully saturated rings. The molecule has 1 amide bonds. The van der Waals surface area contributed by atoms with Gasteiger partial charge < -0.3 is 15.5 Å². The van der Waals surface area contributed by atoms with Crippen LogP contribution in [-0.2, 0) is 20.0 Å². The molecule has 4 aliphatic carbocycles. The van der Waals surface area contributed by atoms with Crippen LogP contribution in [0.3, 0.4) is 0 Å². The smallest absolute Gasteiger partial charge is 0.394 e. The minimum Gasteiger partial charge on any atom is -0.480 e. The minimum atomic E-state index is -4.67. The molecule has 208 valence electrons. The zero-order valence-corrected chi connectivity index (χ0v) is 22.7. The lowest BCUT2D eigenvalue weighted by Gasteiger charge is -2.61. The molecule has 9 nitrogen and oxygen atoms in total. The van der Waals surface area contributed by atoms with Crippen molar-refractivity contribution in [1.29, 1.82) is 0 Å². The van der Waals surface area contributed by atoms with E-state index in [1.54, 1.807) is 0 Å². The van der Waals surface area contributed by atoms with Gasteiger partial charge in [0.15, 0.2) is 0 Å². The lowest BCUT2D eigenvalue weighted by atomic mass is 9.44. The fourth-order valence-electron chi connectivity index (χ4n) is 9.03. The van der Waals surface area contributed by atoms with Gasteiger partial charge in [-0.1, -0.05) is 20.8 Å². The lowest BCUT2D eigenvalue weighted by molar-refractivity contribution is -0.138. The van der Waals surface area contributed by atoms with Crippen LogP contribution < -0.4 is 5.32 Å². The van der Waals surface area contributed by atoms with Gasteiger partial charge in [0.2, 0.25) is 5.91 Å². The molecule has 0 radical (unpaired) electrons. The summed E-state index contributed by atoms with van der Waals surface area (Å²) in [5.41, 5.74) is 0.810. The Bertz CT molecular complexity index is 902. The first-order chi connectivity index (χ1) is 16.6. The van der Waals surface area contributed by atoms with Crippen molar-refractivity contribution in [2.45, 2.75) is 97.5 Å². The van der Waals surface area contributed by atoms with Crippen molar-refractivity contribution in [3.05, 3.63) is 0 Å². The molecule has 0 aliphatic heterocycles. The monoisotopic (exact) mass is 531 g/mol. The Morgan fingerprint density at radius 2 is 1.58 bits per heavy atom. The summed E-state index contributed by atoms with van der Waals surface area (Å²) in [6.07, 6.45) is 12.3. The fraction of sp³-hybridized carbons (Fsp3) is 0.923. The Labute approximate surface area is 215 Å². The third kappa shape index (κ3) is 6.60. The maximum Gasteiger partial charge on any atom is 0.394 e. The van der Waals surface area contributed by atoms with Gasteiger partial charge in [-0.25, -0.2) is 0 Å². The highest BCUT2D eigenvalue weighted by Gasteiger charge is 2.60. The molecule has 4 aliphatic rings. The van der Waals surface area contributed by atoms with E-state index in [-0.39, 0.29) is 18.6 Å². The van der Waals surface area contributed by atoms with Gasteiger partial charge in [0, 0.05) is 6.42 Å². The summed E-state index contributed by atoms with van der Waals surface area (Å²) >= 11 is 0. The second-order valence-electron chi connectivity index (χ2n) is 12.4. The second kappa shape index (κ2) is 11.3. The SMILES string of the molecule is C[C@H](CCC(=O)NCC(=O)O)[C@H]1CC[C@H]2[C@@H]3CCC4C[C@H](O)CC[C@]4(C)[C@H]3CC[C@]12C.O=S(=O)(O)O. The van der Waals surface area contributed by atoms with Crippen LogP contribution >= 0.6 is 0 Å². The van der Waals surface area contributed by atoms with Gasteiger partial charge in [-0.2, -0.15) is 8.42 Å². The van der Waals surface area contributed by atoms with E-state index >= 15 is 0 Å². The molecule has 0 aromatic rings. The molecular weight excluding hydrogens is 486 g/mol. The molecule has 10 heteroatoms. The van der Waals surface area contributed by atoms with E-state index in [0.717, 1.165) is 37.0 Å². The zero-order valence-electron chi connectivity index (χ0n) is 21.9. The summed E-state index contributed by atoms with van der Waals surface area (Å²) in [5.74, 6) is 3.23. The van der Waals surface area contributed by atoms with Gasteiger partial charge in [0.1, 0.15) is 6.54 Å². The molecule has 9 atom stereocenters. The molecule has 4 rings (SSSR count). The van der Waals surface area contributed by atoms with Crippen LogP contribution in [0, 0.1) is 46.3 Å². The Kier molecular flexibility index (Phi) is 9.17. The molecule has 0 heterocycles. The Morgan fingerprint density at radius 3 is 2.22 bits per heavy atom. The number of aliphatic carboxylic acids is 1. The number of nitrogens with one attached hydrogen (secondary N) is 1. The Morgan fingerprint density at radius 1 is 0.972 bits per heavy atom. The minimum absolute atomic E-state index is 0.0760. The molecular formula is C26H45NO8S. The first-order valence-electron chi connectivity index (χ1n) is 13.5. The van der Waals surface area contributed by atoms with Crippen LogP contribution in [-0.4, -0.2) is 52.3 Å².